The lowest BCUT2D eigenvalue weighted by Gasteiger charge is -2.41. The van der Waals surface area contributed by atoms with Crippen molar-refractivity contribution in [1.29, 1.82) is 0 Å². The van der Waals surface area contributed by atoms with E-state index in [1.807, 2.05) is 26.0 Å². The van der Waals surface area contributed by atoms with Gasteiger partial charge in [0.25, 0.3) is 0 Å². The number of rotatable bonds is 8. The van der Waals surface area contributed by atoms with E-state index in [-0.39, 0.29) is 16.8 Å². The smallest absolute Gasteiger partial charge is 0.240 e. The molecule has 186 valence electrons. The Kier molecular flexibility index (Phi) is 7.44. The molecule has 0 amide bonds. The van der Waals surface area contributed by atoms with Crippen LogP contribution in [0.25, 0.3) is 0 Å². The van der Waals surface area contributed by atoms with E-state index in [2.05, 4.69) is 9.62 Å². The van der Waals surface area contributed by atoms with Gasteiger partial charge < -0.3 is 9.47 Å². The Labute approximate surface area is 206 Å². The van der Waals surface area contributed by atoms with Crippen LogP contribution in [0.4, 0.5) is 4.39 Å². The summed E-state index contributed by atoms with van der Waals surface area (Å²) < 4.78 is 53.9. The highest BCUT2D eigenvalue weighted by molar-refractivity contribution is 7.89. The zero-order valence-electron chi connectivity index (χ0n) is 20.4. The van der Waals surface area contributed by atoms with Crippen LogP contribution >= 0.6 is 0 Å². The summed E-state index contributed by atoms with van der Waals surface area (Å²) in [6, 6.07) is 16.4. The van der Waals surface area contributed by atoms with Gasteiger partial charge in [-0.25, -0.2) is 17.5 Å². The molecule has 0 radical (unpaired) electrons. The number of nitrogens with one attached hydrogen (secondary N) is 1. The van der Waals surface area contributed by atoms with Crippen molar-refractivity contribution in [3.8, 4) is 11.5 Å². The molecule has 0 bridgehead atoms. The Hall–Kier alpha value is -2.94. The van der Waals surface area contributed by atoms with Gasteiger partial charge in [0.2, 0.25) is 10.0 Å². The molecule has 0 aliphatic carbocycles. The predicted octanol–water partition coefficient (Wildman–Crippen LogP) is 4.62. The molecule has 0 unspecified atom stereocenters. The number of aryl methyl sites for hydroxylation is 1. The molecule has 1 N–H and O–H groups in total. The van der Waals surface area contributed by atoms with E-state index in [4.69, 9.17) is 9.47 Å². The number of fused-ring (bicyclic) bond motifs is 1. The minimum absolute atomic E-state index is 0.225. The van der Waals surface area contributed by atoms with Crippen molar-refractivity contribution >= 4 is 10.0 Å². The molecule has 1 aliphatic rings. The fraction of sp³-hybridized carbons (Fsp3) is 0.333. The molecule has 3 aromatic rings. The first-order valence-electron chi connectivity index (χ1n) is 11.5. The van der Waals surface area contributed by atoms with Gasteiger partial charge in [-0.15, -0.1) is 0 Å². The fourth-order valence-electron chi connectivity index (χ4n) is 4.71. The highest BCUT2D eigenvalue weighted by Gasteiger charge is 2.35. The van der Waals surface area contributed by atoms with E-state index in [0.717, 1.165) is 28.7 Å². The third kappa shape index (κ3) is 5.50. The summed E-state index contributed by atoms with van der Waals surface area (Å²) in [5.41, 5.74) is 4.01. The van der Waals surface area contributed by atoms with E-state index in [0.29, 0.717) is 24.6 Å². The quantitative estimate of drug-likeness (QED) is 0.491. The first-order chi connectivity index (χ1) is 16.7. The average Bonchev–Trinajstić information content (AvgIpc) is 2.84. The van der Waals surface area contributed by atoms with E-state index in [1.165, 1.54) is 12.1 Å². The summed E-state index contributed by atoms with van der Waals surface area (Å²) in [4.78, 5) is 2.45. The molecule has 35 heavy (non-hydrogen) atoms. The largest absolute Gasteiger partial charge is 0.493 e. The molecule has 1 aliphatic heterocycles. The van der Waals surface area contributed by atoms with Crippen LogP contribution in [0.1, 0.15) is 35.2 Å². The van der Waals surface area contributed by atoms with Crippen LogP contribution in [0.3, 0.4) is 0 Å². The lowest BCUT2D eigenvalue weighted by molar-refractivity contribution is 0.150. The topological polar surface area (TPSA) is 67.9 Å². The van der Waals surface area contributed by atoms with Gasteiger partial charge in [-0.1, -0.05) is 29.8 Å². The zero-order valence-corrected chi connectivity index (χ0v) is 21.2. The predicted molar refractivity (Wildman–Crippen MR) is 134 cm³/mol. The lowest BCUT2D eigenvalue weighted by Crippen LogP contribution is -2.47. The van der Waals surface area contributed by atoms with Crippen LogP contribution in [-0.4, -0.2) is 40.1 Å². The van der Waals surface area contributed by atoms with Gasteiger partial charge in [0.05, 0.1) is 25.2 Å². The summed E-state index contributed by atoms with van der Waals surface area (Å²) in [6.45, 7) is 5.05. The molecular weight excluding hydrogens is 467 g/mol. The van der Waals surface area contributed by atoms with Crippen molar-refractivity contribution in [1.82, 2.24) is 9.62 Å². The molecule has 6 nitrogen and oxygen atoms in total. The van der Waals surface area contributed by atoms with Crippen molar-refractivity contribution in [3.63, 3.8) is 0 Å². The lowest BCUT2D eigenvalue weighted by atomic mass is 9.88. The SMILES string of the molecule is COc1cc2c(cc1OC)[C@H]([C@@H](C)NS(=O)(=O)c1ccc(C)cc1)N(Cc1ccc(F)cc1)CC2. The summed E-state index contributed by atoms with van der Waals surface area (Å²) in [7, 11) is -0.555. The van der Waals surface area contributed by atoms with Gasteiger partial charge in [0.1, 0.15) is 5.82 Å². The van der Waals surface area contributed by atoms with Gasteiger partial charge in [-0.2, -0.15) is 0 Å². The van der Waals surface area contributed by atoms with Crippen molar-refractivity contribution in [2.75, 3.05) is 20.8 Å². The summed E-state index contributed by atoms with van der Waals surface area (Å²) >= 11 is 0. The number of ether oxygens (including phenoxy) is 2. The van der Waals surface area contributed by atoms with Gasteiger partial charge in [-0.3, -0.25) is 4.90 Å². The maximum absolute atomic E-state index is 13.5. The van der Waals surface area contributed by atoms with Gasteiger partial charge >= 0.3 is 0 Å². The van der Waals surface area contributed by atoms with Crippen LogP contribution < -0.4 is 14.2 Å². The Bertz CT molecular complexity index is 1280. The van der Waals surface area contributed by atoms with E-state index in [9.17, 15) is 12.8 Å². The standard InChI is InChI=1S/C27H31FN2O4S/c1-18-5-11-23(12-6-18)35(31,32)29-19(2)27-24-16-26(34-4)25(33-3)15-21(24)13-14-30(27)17-20-7-9-22(28)10-8-20/h5-12,15-16,19,27,29H,13-14,17H2,1-4H3/t19-,27+/m1/s1. The van der Waals surface area contributed by atoms with Gasteiger partial charge in [-0.05, 0) is 73.4 Å². The molecule has 0 saturated heterocycles. The second-order valence-electron chi connectivity index (χ2n) is 8.92. The molecular formula is C27H31FN2O4S. The molecule has 0 aromatic heterocycles. The highest BCUT2D eigenvalue weighted by atomic mass is 32.2. The van der Waals surface area contributed by atoms with Crippen molar-refractivity contribution < 1.29 is 22.3 Å². The molecule has 0 saturated carbocycles. The number of methoxy groups -OCH3 is 2. The summed E-state index contributed by atoms with van der Waals surface area (Å²) in [6.07, 6.45) is 0.769. The van der Waals surface area contributed by atoms with Crippen LogP contribution in [0.15, 0.2) is 65.6 Å². The Balaban J connectivity index is 1.71. The first kappa shape index (κ1) is 25.2. The molecule has 2 atom stereocenters. The number of benzene rings is 3. The van der Waals surface area contributed by atoms with E-state index >= 15 is 0 Å². The molecule has 0 spiro atoms. The number of sulfonamides is 1. The van der Waals surface area contributed by atoms with E-state index < -0.39 is 16.1 Å². The second kappa shape index (κ2) is 10.4. The molecule has 1 heterocycles. The van der Waals surface area contributed by atoms with Crippen LogP contribution in [0, 0.1) is 12.7 Å². The molecule has 3 aromatic carbocycles. The average molecular weight is 499 g/mol. The van der Waals surface area contributed by atoms with Crippen LogP contribution in [0.2, 0.25) is 0 Å². The number of nitrogens with zero attached hydrogens (tertiary/aromatic N) is 1. The number of halogens is 1. The number of hydrogen-bond donors (Lipinski definition) is 1. The minimum atomic E-state index is -3.74. The maximum atomic E-state index is 13.5. The molecule has 8 heteroatoms. The second-order valence-corrected chi connectivity index (χ2v) is 10.6. The zero-order chi connectivity index (χ0) is 25.2. The third-order valence-electron chi connectivity index (χ3n) is 6.47. The van der Waals surface area contributed by atoms with Gasteiger partial charge in [0, 0.05) is 19.1 Å². The van der Waals surface area contributed by atoms with Crippen LogP contribution in [-0.2, 0) is 23.0 Å². The highest BCUT2D eigenvalue weighted by Crippen LogP contribution is 2.40. The Morgan fingerprint density at radius 3 is 2.29 bits per heavy atom. The maximum Gasteiger partial charge on any atom is 0.240 e. The van der Waals surface area contributed by atoms with Gasteiger partial charge in [0.15, 0.2) is 11.5 Å². The molecule has 0 fully saturated rings. The normalized spacial score (nSPS) is 17.0. The minimum Gasteiger partial charge on any atom is -0.493 e. The Morgan fingerprint density at radius 1 is 1.03 bits per heavy atom. The monoisotopic (exact) mass is 498 g/mol. The van der Waals surface area contributed by atoms with Crippen LogP contribution in [0.5, 0.6) is 11.5 Å². The Morgan fingerprint density at radius 2 is 1.66 bits per heavy atom. The van der Waals surface area contributed by atoms with Crippen molar-refractivity contribution in [2.45, 2.75) is 43.8 Å². The fourth-order valence-corrected chi connectivity index (χ4v) is 5.96. The third-order valence-corrected chi connectivity index (χ3v) is 8.05. The molecule has 4 rings (SSSR count). The number of hydrogen-bond acceptors (Lipinski definition) is 5. The van der Waals surface area contributed by atoms with E-state index in [1.54, 1.807) is 50.6 Å². The van der Waals surface area contributed by atoms with Crippen molar-refractivity contribution in [3.05, 3.63) is 88.7 Å². The summed E-state index contributed by atoms with van der Waals surface area (Å²) in [5, 5.41) is 0. The summed E-state index contributed by atoms with van der Waals surface area (Å²) in [5.74, 6) is 0.948. The van der Waals surface area contributed by atoms with Crippen molar-refractivity contribution in [2.24, 2.45) is 0 Å². The first-order valence-corrected chi connectivity index (χ1v) is 13.0.